The summed E-state index contributed by atoms with van der Waals surface area (Å²) in [6, 6.07) is 10.0. The van der Waals surface area contributed by atoms with Gasteiger partial charge in [0.05, 0.1) is 5.71 Å². The number of thiophene rings is 1. The van der Waals surface area contributed by atoms with Crippen LogP contribution < -0.4 is 0 Å². The van der Waals surface area contributed by atoms with Crippen LogP contribution in [-0.4, -0.2) is 20.5 Å². The Morgan fingerprint density at radius 1 is 1.26 bits per heavy atom. The monoisotopic (exact) mass is 406 g/mol. The second kappa shape index (κ2) is 5.85. The predicted octanol–water partition coefficient (Wildman–Crippen LogP) is 4.66. The van der Waals surface area contributed by atoms with Crippen LogP contribution in [-0.2, 0) is 13.0 Å². The van der Waals surface area contributed by atoms with Crippen LogP contribution in [0.3, 0.4) is 0 Å². The molecule has 0 fully saturated rings. The van der Waals surface area contributed by atoms with Gasteiger partial charge in [-0.05, 0) is 34.5 Å². The summed E-state index contributed by atoms with van der Waals surface area (Å²) in [5.41, 5.74) is 2.95. The molecule has 0 radical (unpaired) electrons. The van der Waals surface area contributed by atoms with Gasteiger partial charge in [-0.1, -0.05) is 36.7 Å². The van der Waals surface area contributed by atoms with E-state index in [0.717, 1.165) is 34.1 Å². The standard InChI is InChI=1S/C16H12BrClN4S/c1-2-9-7-11-14(10-5-3-4-6-12(10)18)19-8-13-20-21-16(17)22(13)15(11)23-9/h3-7H,2,8H2,1H3. The summed E-state index contributed by atoms with van der Waals surface area (Å²) in [6.07, 6.45) is 0.975. The van der Waals surface area contributed by atoms with Crippen LogP contribution in [0.1, 0.15) is 28.8 Å². The molecule has 1 aliphatic heterocycles. The van der Waals surface area contributed by atoms with Gasteiger partial charge in [-0.3, -0.25) is 9.56 Å². The van der Waals surface area contributed by atoms with Gasteiger partial charge < -0.3 is 0 Å². The fraction of sp³-hybridized carbons (Fsp3) is 0.188. The topological polar surface area (TPSA) is 43.1 Å². The number of hydrogen-bond donors (Lipinski definition) is 0. The van der Waals surface area contributed by atoms with Crippen LogP contribution in [0.5, 0.6) is 0 Å². The van der Waals surface area contributed by atoms with Gasteiger partial charge in [0, 0.05) is 21.0 Å². The Labute approximate surface area is 151 Å². The van der Waals surface area contributed by atoms with Crippen molar-refractivity contribution in [1.82, 2.24) is 14.8 Å². The first-order valence-electron chi connectivity index (χ1n) is 7.21. The van der Waals surface area contributed by atoms with E-state index in [1.807, 2.05) is 28.8 Å². The molecule has 4 nitrogen and oxygen atoms in total. The van der Waals surface area contributed by atoms with Crippen molar-refractivity contribution in [3.8, 4) is 5.00 Å². The molecule has 0 bridgehead atoms. The fourth-order valence-electron chi connectivity index (χ4n) is 2.66. The molecule has 116 valence electrons. The molecule has 3 heterocycles. The van der Waals surface area contributed by atoms with Gasteiger partial charge in [-0.25, -0.2) is 0 Å². The Morgan fingerprint density at radius 2 is 2.09 bits per heavy atom. The fourth-order valence-corrected chi connectivity index (χ4v) is 4.58. The first-order valence-corrected chi connectivity index (χ1v) is 9.20. The lowest BCUT2D eigenvalue weighted by Crippen LogP contribution is -2.05. The number of aliphatic imine (C=N–C) groups is 1. The number of rotatable bonds is 2. The zero-order valence-corrected chi connectivity index (χ0v) is 15.4. The maximum absolute atomic E-state index is 6.41. The average molecular weight is 408 g/mol. The zero-order valence-electron chi connectivity index (χ0n) is 12.3. The summed E-state index contributed by atoms with van der Waals surface area (Å²) in [5, 5.41) is 10.2. The second-order valence-corrected chi connectivity index (χ2v) is 7.38. The Balaban J connectivity index is 1.99. The molecular weight excluding hydrogens is 396 g/mol. The number of benzene rings is 1. The van der Waals surface area contributed by atoms with Crippen molar-refractivity contribution in [2.24, 2.45) is 4.99 Å². The highest BCUT2D eigenvalue weighted by atomic mass is 79.9. The third kappa shape index (κ3) is 2.45. The Hall–Kier alpha value is -1.50. The molecule has 3 aromatic rings. The van der Waals surface area contributed by atoms with Crippen molar-refractivity contribution in [1.29, 1.82) is 0 Å². The van der Waals surface area contributed by atoms with Crippen LogP contribution in [0, 0.1) is 0 Å². The van der Waals surface area contributed by atoms with Crippen molar-refractivity contribution in [2.75, 3.05) is 0 Å². The molecule has 0 unspecified atom stereocenters. The molecule has 7 heteroatoms. The average Bonchev–Trinajstić information content (AvgIpc) is 3.09. The number of aryl methyl sites for hydroxylation is 1. The lowest BCUT2D eigenvalue weighted by atomic mass is 10.0. The molecule has 0 atom stereocenters. The molecular formula is C16H12BrClN4S. The third-order valence-electron chi connectivity index (χ3n) is 3.77. The number of aromatic nitrogens is 3. The second-order valence-electron chi connectivity index (χ2n) is 5.15. The molecule has 1 aliphatic rings. The zero-order chi connectivity index (χ0) is 16.0. The third-order valence-corrected chi connectivity index (χ3v) is 5.88. The Morgan fingerprint density at radius 3 is 2.87 bits per heavy atom. The van der Waals surface area contributed by atoms with E-state index in [-0.39, 0.29) is 0 Å². The van der Waals surface area contributed by atoms with Crippen LogP contribution in [0.15, 0.2) is 40.1 Å². The summed E-state index contributed by atoms with van der Waals surface area (Å²) in [4.78, 5) is 6.09. The van der Waals surface area contributed by atoms with Crippen molar-refractivity contribution in [3.63, 3.8) is 0 Å². The first kappa shape index (κ1) is 15.1. The van der Waals surface area contributed by atoms with E-state index in [2.05, 4.69) is 39.1 Å². The number of nitrogens with zero attached hydrogens (tertiary/aromatic N) is 4. The van der Waals surface area contributed by atoms with Crippen molar-refractivity contribution >= 4 is 44.6 Å². The minimum atomic E-state index is 0.474. The summed E-state index contributed by atoms with van der Waals surface area (Å²) in [6.45, 7) is 2.63. The van der Waals surface area contributed by atoms with Crippen LogP contribution in [0.2, 0.25) is 5.02 Å². The van der Waals surface area contributed by atoms with Crippen molar-refractivity contribution in [3.05, 3.63) is 61.9 Å². The van der Waals surface area contributed by atoms with Gasteiger partial charge >= 0.3 is 0 Å². The van der Waals surface area contributed by atoms with Crippen molar-refractivity contribution < 1.29 is 0 Å². The maximum atomic E-state index is 6.41. The van der Waals surface area contributed by atoms with Crippen molar-refractivity contribution in [2.45, 2.75) is 19.9 Å². The molecule has 1 aromatic carbocycles. The molecule has 0 amide bonds. The van der Waals surface area contributed by atoms with Gasteiger partial charge in [0.25, 0.3) is 0 Å². The summed E-state index contributed by atoms with van der Waals surface area (Å²) < 4.78 is 2.74. The van der Waals surface area contributed by atoms with E-state index < -0.39 is 0 Å². The lowest BCUT2D eigenvalue weighted by Gasteiger charge is -2.08. The van der Waals surface area contributed by atoms with Gasteiger partial charge in [-0.2, -0.15) is 0 Å². The normalized spacial score (nSPS) is 13.3. The molecule has 23 heavy (non-hydrogen) atoms. The maximum Gasteiger partial charge on any atom is 0.205 e. The van der Waals surface area contributed by atoms with Gasteiger partial charge in [-0.15, -0.1) is 21.5 Å². The van der Waals surface area contributed by atoms with E-state index in [9.17, 15) is 0 Å². The quantitative estimate of drug-likeness (QED) is 0.620. The summed E-state index contributed by atoms with van der Waals surface area (Å²) >= 11 is 11.7. The van der Waals surface area contributed by atoms with E-state index in [0.29, 0.717) is 16.3 Å². The highest BCUT2D eigenvalue weighted by Crippen LogP contribution is 2.35. The van der Waals surface area contributed by atoms with Gasteiger partial charge in [0.15, 0.2) is 5.82 Å². The molecule has 4 rings (SSSR count). The van der Waals surface area contributed by atoms with E-state index in [1.165, 1.54) is 4.88 Å². The molecule has 0 saturated heterocycles. The van der Waals surface area contributed by atoms with Crippen LogP contribution in [0.25, 0.3) is 5.00 Å². The predicted molar refractivity (Wildman–Crippen MR) is 97.1 cm³/mol. The highest BCUT2D eigenvalue weighted by molar-refractivity contribution is 9.10. The minimum absolute atomic E-state index is 0.474. The largest absolute Gasteiger partial charge is 0.276 e. The molecule has 0 spiro atoms. The van der Waals surface area contributed by atoms with E-state index in [4.69, 9.17) is 16.6 Å². The molecule has 0 aliphatic carbocycles. The number of hydrogen-bond acceptors (Lipinski definition) is 4. The smallest absolute Gasteiger partial charge is 0.205 e. The minimum Gasteiger partial charge on any atom is -0.276 e. The molecule has 2 aromatic heterocycles. The van der Waals surface area contributed by atoms with Crippen LogP contribution >= 0.6 is 38.9 Å². The van der Waals surface area contributed by atoms with E-state index >= 15 is 0 Å². The summed E-state index contributed by atoms with van der Waals surface area (Å²) in [7, 11) is 0. The number of fused-ring (bicyclic) bond motifs is 3. The lowest BCUT2D eigenvalue weighted by molar-refractivity contribution is 0.873. The summed E-state index contributed by atoms with van der Waals surface area (Å²) in [5.74, 6) is 0.824. The highest BCUT2D eigenvalue weighted by Gasteiger charge is 2.25. The molecule has 0 N–H and O–H groups in total. The van der Waals surface area contributed by atoms with E-state index in [1.54, 1.807) is 11.3 Å². The number of halogens is 2. The molecule has 0 saturated carbocycles. The van der Waals surface area contributed by atoms with Gasteiger partial charge in [0.1, 0.15) is 11.5 Å². The first-order chi connectivity index (χ1) is 11.2. The van der Waals surface area contributed by atoms with Crippen LogP contribution in [0.4, 0.5) is 0 Å². The van der Waals surface area contributed by atoms with Gasteiger partial charge in [0.2, 0.25) is 4.73 Å². The SMILES string of the molecule is CCc1cc2c(s1)-n1c(Br)nnc1CN=C2c1ccccc1Cl. The Bertz CT molecular complexity index is 928. The Kier molecular flexibility index (Phi) is 3.83.